The zero-order valence-electron chi connectivity index (χ0n) is 7.06. The maximum absolute atomic E-state index is 12.8. The van der Waals surface area contributed by atoms with Crippen molar-refractivity contribution < 1.29 is 4.39 Å². The number of H-pyrrole nitrogens is 1. The number of rotatable bonds is 1. The van der Waals surface area contributed by atoms with Gasteiger partial charge in [0, 0.05) is 22.9 Å². The number of hydrogen-bond donors (Lipinski definition) is 2. The first-order chi connectivity index (χ1) is 6.18. The van der Waals surface area contributed by atoms with Gasteiger partial charge in [0.15, 0.2) is 0 Å². The van der Waals surface area contributed by atoms with E-state index in [9.17, 15) is 4.39 Å². The number of aromatic nitrogens is 2. The molecule has 4 heteroatoms. The van der Waals surface area contributed by atoms with E-state index in [1.54, 1.807) is 13.1 Å². The summed E-state index contributed by atoms with van der Waals surface area (Å²) in [5.74, 6) is -0.380. The maximum Gasteiger partial charge on any atom is 0.142 e. The lowest BCUT2D eigenvalue weighted by molar-refractivity contribution is 0.624. The molecule has 66 valence electrons. The van der Waals surface area contributed by atoms with E-state index in [4.69, 9.17) is 5.41 Å². The van der Waals surface area contributed by atoms with E-state index >= 15 is 0 Å². The van der Waals surface area contributed by atoms with Crippen LogP contribution in [0.15, 0.2) is 18.5 Å². The Morgan fingerprint density at radius 3 is 3.08 bits per heavy atom. The van der Waals surface area contributed by atoms with E-state index < -0.39 is 0 Å². The van der Waals surface area contributed by atoms with E-state index in [0.29, 0.717) is 22.3 Å². The summed E-state index contributed by atoms with van der Waals surface area (Å²) < 4.78 is 12.8. The molecule has 0 aliphatic carbocycles. The quantitative estimate of drug-likeness (QED) is 0.644. The molecule has 0 atom stereocenters. The molecule has 0 unspecified atom stereocenters. The normalized spacial score (nSPS) is 10.6. The Hall–Kier alpha value is -1.71. The Labute approximate surface area is 74.1 Å². The zero-order chi connectivity index (χ0) is 9.42. The van der Waals surface area contributed by atoms with Gasteiger partial charge in [0.05, 0.1) is 6.20 Å². The highest BCUT2D eigenvalue weighted by Gasteiger charge is 2.06. The molecule has 0 aliphatic rings. The first-order valence-corrected chi connectivity index (χ1v) is 3.86. The minimum Gasteiger partial charge on any atom is -0.345 e. The minimum atomic E-state index is -0.380. The molecule has 2 heterocycles. The summed E-state index contributed by atoms with van der Waals surface area (Å²) in [5.41, 5.74) is 1.71. The summed E-state index contributed by atoms with van der Waals surface area (Å²) in [4.78, 5) is 6.73. The minimum absolute atomic E-state index is 0.380. The van der Waals surface area contributed by atoms with Crippen molar-refractivity contribution in [1.82, 2.24) is 9.97 Å². The average Bonchev–Trinajstić information content (AvgIpc) is 2.46. The molecule has 2 aromatic heterocycles. The molecule has 0 spiro atoms. The molecule has 0 bridgehead atoms. The Bertz CT molecular complexity index is 473. The fraction of sp³-hybridized carbons (Fsp3) is 0.111. The van der Waals surface area contributed by atoms with Crippen molar-refractivity contribution in [2.75, 3.05) is 0 Å². The number of aromatic amines is 1. The van der Waals surface area contributed by atoms with Crippen molar-refractivity contribution in [3.05, 3.63) is 29.8 Å². The molecule has 0 saturated heterocycles. The van der Waals surface area contributed by atoms with E-state index in [1.165, 1.54) is 6.07 Å². The molecule has 3 nitrogen and oxygen atoms in total. The van der Waals surface area contributed by atoms with Gasteiger partial charge in [-0.3, -0.25) is 0 Å². The molecule has 0 amide bonds. The van der Waals surface area contributed by atoms with Gasteiger partial charge in [0.1, 0.15) is 11.5 Å². The van der Waals surface area contributed by atoms with Gasteiger partial charge in [-0.25, -0.2) is 9.37 Å². The second kappa shape index (κ2) is 2.65. The Morgan fingerprint density at radius 1 is 1.62 bits per heavy atom. The van der Waals surface area contributed by atoms with Gasteiger partial charge in [-0.1, -0.05) is 0 Å². The van der Waals surface area contributed by atoms with Crippen LogP contribution in [0, 0.1) is 11.2 Å². The van der Waals surface area contributed by atoms with Gasteiger partial charge in [-0.05, 0) is 13.0 Å². The third-order valence-corrected chi connectivity index (χ3v) is 1.90. The first kappa shape index (κ1) is 7.91. The number of nitrogens with zero attached hydrogens (tertiary/aromatic N) is 1. The molecular weight excluding hydrogens is 169 g/mol. The molecule has 2 rings (SSSR count). The van der Waals surface area contributed by atoms with Gasteiger partial charge in [0.25, 0.3) is 0 Å². The van der Waals surface area contributed by atoms with Crippen molar-refractivity contribution >= 4 is 16.7 Å². The Balaban J connectivity index is 2.79. The van der Waals surface area contributed by atoms with E-state index in [-0.39, 0.29) is 5.82 Å². The second-order valence-corrected chi connectivity index (χ2v) is 2.88. The molecule has 0 saturated carbocycles. The fourth-order valence-electron chi connectivity index (χ4n) is 1.29. The van der Waals surface area contributed by atoms with Crippen LogP contribution < -0.4 is 0 Å². The van der Waals surface area contributed by atoms with Crippen LogP contribution in [0.25, 0.3) is 11.0 Å². The molecule has 13 heavy (non-hydrogen) atoms. The first-order valence-electron chi connectivity index (χ1n) is 3.86. The van der Waals surface area contributed by atoms with E-state index in [1.807, 2.05) is 0 Å². The summed E-state index contributed by atoms with van der Waals surface area (Å²) in [7, 11) is 0. The van der Waals surface area contributed by atoms with Gasteiger partial charge >= 0.3 is 0 Å². The number of hydrogen-bond acceptors (Lipinski definition) is 2. The van der Waals surface area contributed by atoms with Crippen LogP contribution in [0.5, 0.6) is 0 Å². The van der Waals surface area contributed by atoms with Crippen LogP contribution in [0.1, 0.15) is 12.5 Å². The molecule has 2 aromatic rings. The van der Waals surface area contributed by atoms with Crippen molar-refractivity contribution in [1.29, 1.82) is 5.41 Å². The SMILES string of the molecule is CC(=N)c1c[nH]c2ncc(F)cc12. The van der Waals surface area contributed by atoms with Crippen molar-refractivity contribution in [3.8, 4) is 0 Å². The van der Waals surface area contributed by atoms with E-state index in [0.717, 1.165) is 6.20 Å². The lowest BCUT2D eigenvalue weighted by Gasteiger charge is -1.93. The van der Waals surface area contributed by atoms with Crippen molar-refractivity contribution in [3.63, 3.8) is 0 Å². The number of halogens is 1. The van der Waals surface area contributed by atoms with Crippen LogP contribution in [0.4, 0.5) is 4.39 Å². The van der Waals surface area contributed by atoms with Crippen molar-refractivity contribution in [2.24, 2.45) is 0 Å². The zero-order valence-corrected chi connectivity index (χ0v) is 7.06. The predicted octanol–water partition coefficient (Wildman–Crippen LogP) is 2.09. The van der Waals surface area contributed by atoms with Gasteiger partial charge < -0.3 is 10.4 Å². The number of pyridine rings is 1. The summed E-state index contributed by atoms with van der Waals surface area (Å²) >= 11 is 0. The van der Waals surface area contributed by atoms with Crippen LogP contribution in [-0.2, 0) is 0 Å². The maximum atomic E-state index is 12.8. The molecule has 0 aliphatic heterocycles. The molecule has 0 radical (unpaired) electrons. The summed E-state index contributed by atoms with van der Waals surface area (Å²) in [5, 5.41) is 8.09. The van der Waals surface area contributed by atoms with E-state index in [2.05, 4.69) is 9.97 Å². The Kier molecular flexibility index (Phi) is 1.62. The third kappa shape index (κ3) is 1.20. The highest BCUT2D eigenvalue weighted by molar-refractivity contribution is 6.07. The highest BCUT2D eigenvalue weighted by atomic mass is 19.1. The molecular formula is C9H8FN3. The molecule has 2 N–H and O–H groups in total. The van der Waals surface area contributed by atoms with Gasteiger partial charge in [-0.15, -0.1) is 0 Å². The smallest absolute Gasteiger partial charge is 0.142 e. The molecule has 0 fully saturated rings. The fourth-order valence-corrected chi connectivity index (χ4v) is 1.29. The monoisotopic (exact) mass is 177 g/mol. The number of nitrogens with one attached hydrogen (secondary N) is 2. The highest BCUT2D eigenvalue weighted by Crippen LogP contribution is 2.17. The second-order valence-electron chi connectivity index (χ2n) is 2.88. The molecule has 0 aromatic carbocycles. The van der Waals surface area contributed by atoms with Crippen LogP contribution in [0.2, 0.25) is 0 Å². The van der Waals surface area contributed by atoms with Crippen molar-refractivity contribution in [2.45, 2.75) is 6.92 Å². The number of fused-ring (bicyclic) bond motifs is 1. The van der Waals surface area contributed by atoms with Crippen LogP contribution in [-0.4, -0.2) is 15.7 Å². The average molecular weight is 177 g/mol. The summed E-state index contributed by atoms with van der Waals surface area (Å²) in [6.07, 6.45) is 2.82. The Morgan fingerprint density at radius 2 is 2.38 bits per heavy atom. The third-order valence-electron chi connectivity index (χ3n) is 1.90. The lowest BCUT2D eigenvalue weighted by Crippen LogP contribution is -1.89. The topological polar surface area (TPSA) is 52.5 Å². The standard InChI is InChI=1S/C9H8FN3/c1-5(11)8-4-13-9-7(8)2-6(10)3-12-9/h2-4,11H,1H3,(H,12,13). The summed E-state index contributed by atoms with van der Waals surface area (Å²) in [6, 6.07) is 1.38. The summed E-state index contributed by atoms with van der Waals surface area (Å²) in [6.45, 7) is 1.66. The predicted molar refractivity (Wildman–Crippen MR) is 48.6 cm³/mol. The van der Waals surface area contributed by atoms with Gasteiger partial charge in [0.2, 0.25) is 0 Å². The lowest BCUT2D eigenvalue weighted by atomic mass is 10.1. The van der Waals surface area contributed by atoms with Gasteiger partial charge in [-0.2, -0.15) is 0 Å². The largest absolute Gasteiger partial charge is 0.345 e. The van der Waals surface area contributed by atoms with Crippen LogP contribution in [0.3, 0.4) is 0 Å². The van der Waals surface area contributed by atoms with Crippen LogP contribution >= 0.6 is 0 Å².